The number of hydrogen-bond acceptors (Lipinski definition) is 3. The average molecular weight is 241 g/mol. The van der Waals surface area contributed by atoms with Gasteiger partial charge in [-0.2, -0.15) is 0 Å². The van der Waals surface area contributed by atoms with Gasteiger partial charge in [-0.1, -0.05) is 32.6 Å². The van der Waals surface area contributed by atoms with Crippen LogP contribution in [0.1, 0.15) is 39.0 Å². The van der Waals surface area contributed by atoms with E-state index in [0.717, 1.165) is 12.8 Å². The second-order valence-electron chi connectivity index (χ2n) is 4.40. The standard InChI is InChI=1S/C12H23N3O2/c1-3-4-5-6-7-10-11(13)14-12(16)15(10)8-9-17-2/h10H,3-9H2,1-2H3,(H2,13,14,16). The molecule has 2 amide bonds. The fourth-order valence-corrected chi connectivity index (χ4v) is 2.08. The monoisotopic (exact) mass is 241 g/mol. The molecule has 0 saturated carbocycles. The number of ether oxygens (including phenoxy) is 1. The van der Waals surface area contributed by atoms with E-state index in [9.17, 15) is 4.79 Å². The van der Waals surface area contributed by atoms with Crippen molar-refractivity contribution in [3.8, 4) is 0 Å². The Kier molecular flexibility index (Phi) is 5.97. The van der Waals surface area contributed by atoms with Gasteiger partial charge in [0.1, 0.15) is 5.84 Å². The summed E-state index contributed by atoms with van der Waals surface area (Å²) in [4.78, 5) is 13.3. The highest BCUT2D eigenvalue weighted by molar-refractivity contribution is 6.05. The molecule has 5 heteroatoms. The van der Waals surface area contributed by atoms with Crippen LogP contribution in [0.3, 0.4) is 0 Å². The van der Waals surface area contributed by atoms with E-state index in [1.54, 1.807) is 12.0 Å². The van der Waals surface area contributed by atoms with Crippen molar-refractivity contribution in [3.05, 3.63) is 0 Å². The number of methoxy groups -OCH3 is 1. The SMILES string of the molecule is CCCCCCC1C(=N)NC(=O)N1CCOC. The molecular formula is C12H23N3O2. The molecule has 1 atom stereocenters. The number of hydrogen-bond donors (Lipinski definition) is 2. The average Bonchev–Trinajstić information content (AvgIpc) is 2.57. The largest absolute Gasteiger partial charge is 0.383 e. The van der Waals surface area contributed by atoms with Crippen molar-refractivity contribution in [2.24, 2.45) is 0 Å². The van der Waals surface area contributed by atoms with E-state index >= 15 is 0 Å². The molecule has 0 aromatic carbocycles. The van der Waals surface area contributed by atoms with Crippen LogP contribution in [0.2, 0.25) is 0 Å². The number of amides is 2. The van der Waals surface area contributed by atoms with Crippen molar-refractivity contribution >= 4 is 11.9 Å². The first kappa shape index (κ1) is 14.0. The topological polar surface area (TPSA) is 65.4 Å². The lowest BCUT2D eigenvalue weighted by Crippen LogP contribution is -2.37. The molecule has 1 aliphatic heterocycles. The smallest absolute Gasteiger partial charge is 0.323 e. The third-order valence-electron chi connectivity index (χ3n) is 3.08. The van der Waals surface area contributed by atoms with Crippen molar-refractivity contribution in [2.45, 2.75) is 45.1 Å². The van der Waals surface area contributed by atoms with Crippen molar-refractivity contribution in [2.75, 3.05) is 20.3 Å². The van der Waals surface area contributed by atoms with Crippen LogP contribution >= 0.6 is 0 Å². The zero-order valence-corrected chi connectivity index (χ0v) is 10.8. The van der Waals surface area contributed by atoms with Crippen LogP contribution in [-0.4, -0.2) is 43.1 Å². The van der Waals surface area contributed by atoms with E-state index in [0.29, 0.717) is 19.0 Å². The van der Waals surface area contributed by atoms with Gasteiger partial charge in [-0.15, -0.1) is 0 Å². The minimum atomic E-state index is -0.160. The number of nitrogens with zero attached hydrogens (tertiary/aromatic N) is 1. The third kappa shape index (κ3) is 4.00. The lowest BCUT2D eigenvalue weighted by molar-refractivity contribution is 0.148. The second kappa shape index (κ2) is 7.27. The minimum Gasteiger partial charge on any atom is -0.383 e. The summed E-state index contributed by atoms with van der Waals surface area (Å²) >= 11 is 0. The lowest BCUT2D eigenvalue weighted by atomic mass is 10.1. The second-order valence-corrected chi connectivity index (χ2v) is 4.40. The molecule has 0 aromatic rings. The Labute approximate surface area is 103 Å². The van der Waals surface area contributed by atoms with E-state index in [1.165, 1.54) is 19.3 Å². The molecule has 2 N–H and O–H groups in total. The Morgan fingerprint density at radius 1 is 1.41 bits per heavy atom. The molecule has 0 aromatic heterocycles. The van der Waals surface area contributed by atoms with Crippen LogP contribution in [0.5, 0.6) is 0 Å². The normalized spacial score (nSPS) is 19.9. The molecule has 1 rings (SSSR count). The summed E-state index contributed by atoms with van der Waals surface area (Å²) in [5.41, 5.74) is 0. The van der Waals surface area contributed by atoms with Gasteiger partial charge in [0.2, 0.25) is 0 Å². The molecule has 0 aliphatic carbocycles. The third-order valence-corrected chi connectivity index (χ3v) is 3.08. The number of unbranched alkanes of at least 4 members (excludes halogenated alkanes) is 3. The molecule has 1 heterocycles. The van der Waals surface area contributed by atoms with Crippen LogP contribution in [0.4, 0.5) is 4.79 Å². The summed E-state index contributed by atoms with van der Waals surface area (Å²) in [7, 11) is 1.62. The van der Waals surface area contributed by atoms with Crippen molar-refractivity contribution in [1.82, 2.24) is 10.2 Å². The molecule has 17 heavy (non-hydrogen) atoms. The predicted octanol–water partition coefficient (Wildman–Crippen LogP) is 1.97. The highest BCUT2D eigenvalue weighted by Gasteiger charge is 2.34. The van der Waals surface area contributed by atoms with Crippen LogP contribution in [0.25, 0.3) is 0 Å². The Bertz CT molecular complexity index is 268. The van der Waals surface area contributed by atoms with E-state index in [4.69, 9.17) is 10.1 Å². The Morgan fingerprint density at radius 3 is 2.82 bits per heavy atom. The Balaban J connectivity index is 2.41. The van der Waals surface area contributed by atoms with Crippen LogP contribution < -0.4 is 5.32 Å². The number of amidine groups is 1. The highest BCUT2D eigenvalue weighted by atomic mass is 16.5. The molecule has 0 spiro atoms. The van der Waals surface area contributed by atoms with Gasteiger partial charge in [0.15, 0.2) is 0 Å². The maximum absolute atomic E-state index is 11.6. The minimum absolute atomic E-state index is 0.0745. The zero-order chi connectivity index (χ0) is 12.7. The number of urea groups is 1. The van der Waals surface area contributed by atoms with E-state index in [-0.39, 0.29) is 12.1 Å². The first-order chi connectivity index (χ1) is 8.20. The van der Waals surface area contributed by atoms with Gasteiger partial charge in [0.05, 0.1) is 12.6 Å². The fourth-order valence-electron chi connectivity index (χ4n) is 2.08. The van der Waals surface area contributed by atoms with Crippen molar-refractivity contribution < 1.29 is 9.53 Å². The van der Waals surface area contributed by atoms with Crippen molar-refractivity contribution in [3.63, 3.8) is 0 Å². The molecular weight excluding hydrogens is 218 g/mol. The molecule has 0 radical (unpaired) electrons. The van der Waals surface area contributed by atoms with Gasteiger partial charge >= 0.3 is 6.03 Å². The molecule has 0 bridgehead atoms. The van der Waals surface area contributed by atoms with Gasteiger partial charge in [0, 0.05) is 13.7 Å². The maximum atomic E-state index is 11.6. The molecule has 98 valence electrons. The summed E-state index contributed by atoms with van der Waals surface area (Å²) in [6.07, 6.45) is 5.54. The summed E-state index contributed by atoms with van der Waals surface area (Å²) in [6.45, 7) is 3.25. The van der Waals surface area contributed by atoms with Gasteiger partial charge in [0.25, 0.3) is 0 Å². The Morgan fingerprint density at radius 2 is 2.18 bits per heavy atom. The number of nitrogens with one attached hydrogen (secondary N) is 2. The number of carbonyl (C=O) groups is 1. The molecule has 1 aliphatic rings. The van der Waals surface area contributed by atoms with Crippen molar-refractivity contribution in [1.29, 1.82) is 5.41 Å². The van der Waals surface area contributed by atoms with Crippen LogP contribution in [0, 0.1) is 5.41 Å². The van der Waals surface area contributed by atoms with E-state index in [1.807, 2.05) is 0 Å². The summed E-state index contributed by atoms with van der Waals surface area (Å²) in [6, 6.07) is -0.234. The van der Waals surface area contributed by atoms with E-state index < -0.39 is 0 Å². The lowest BCUT2D eigenvalue weighted by Gasteiger charge is -2.22. The summed E-state index contributed by atoms with van der Waals surface area (Å²) in [5.74, 6) is 0.336. The summed E-state index contributed by atoms with van der Waals surface area (Å²) in [5, 5.41) is 10.3. The van der Waals surface area contributed by atoms with Gasteiger partial charge < -0.3 is 9.64 Å². The van der Waals surface area contributed by atoms with E-state index in [2.05, 4.69) is 12.2 Å². The van der Waals surface area contributed by atoms with Crippen LogP contribution in [0.15, 0.2) is 0 Å². The highest BCUT2D eigenvalue weighted by Crippen LogP contribution is 2.16. The number of carbonyl (C=O) groups excluding carboxylic acids is 1. The fraction of sp³-hybridized carbons (Fsp3) is 0.833. The molecule has 1 unspecified atom stereocenters. The maximum Gasteiger partial charge on any atom is 0.323 e. The number of rotatable bonds is 8. The first-order valence-electron chi connectivity index (χ1n) is 6.35. The molecule has 5 nitrogen and oxygen atoms in total. The zero-order valence-electron chi connectivity index (χ0n) is 10.8. The summed E-state index contributed by atoms with van der Waals surface area (Å²) < 4.78 is 4.99. The van der Waals surface area contributed by atoms with Crippen LogP contribution in [-0.2, 0) is 4.74 Å². The van der Waals surface area contributed by atoms with Gasteiger partial charge in [-0.25, -0.2) is 4.79 Å². The van der Waals surface area contributed by atoms with Gasteiger partial charge in [-0.3, -0.25) is 10.7 Å². The molecule has 1 saturated heterocycles. The Hall–Kier alpha value is -1.10. The first-order valence-corrected chi connectivity index (χ1v) is 6.35. The quantitative estimate of drug-likeness (QED) is 0.638. The van der Waals surface area contributed by atoms with Gasteiger partial charge in [-0.05, 0) is 6.42 Å². The predicted molar refractivity (Wildman–Crippen MR) is 67.4 cm³/mol. The molecule has 1 fully saturated rings.